The van der Waals surface area contributed by atoms with Gasteiger partial charge in [-0.05, 0) is 67.5 Å². The van der Waals surface area contributed by atoms with Crippen molar-refractivity contribution in [3.05, 3.63) is 74.2 Å². The number of aromatic amines is 1. The summed E-state index contributed by atoms with van der Waals surface area (Å²) in [6.45, 7) is 4.75. The van der Waals surface area contributed by atoms with Gasteiger partial charge in [0.05, 0.1) is 6.04 Å². The van der Waals surface area contributed by atoms with Crippen molar-refractivity contribution in [2.45, 2.75) is 32.7 Å². The van der Waals surface area contributed by atoms with Gasteiger partial charge in [-0.15, -0.1) is 11.3 Å². The standard InChI is InChI=1S/C25H23ClN4O4S/c1-13(30(12-15-3-4-15)24-27-21(23(31)32)14(2)35-24)16-5-7-17(8-6-16)20-11-18(26)9-10-19(20)22-28-25(33)34-29-22/h5-11,13,15H,3-4,12H2,1-2H3,(H,31,32)(H,28,29,33)/t13-/m1/s1. The predicted octanol–water partition coefficient (Wildman–Crippen LogP) is 5.79. The van der Waals surface area contributed by atoms with Crippen molar-refractivity contribution in [3.8, 4) is 22.5 Å². The van der Waals surface area contributed by atoms with Crippen LogP contribution in [0.4, 0.5) is 5.13 Å². The molecule has 1 aliphatic carbocycles. The zero-order chi connectivity index (χ0) is 24.7. The Morgan fingerprint density at radius 2 is 2.00 bits per heavy atom. The second-order valence-corrected chi connectivity index (χ2v) is 10.4. The number of halogens is 1. The minimum absolute atomic E-state index is 0.00238. The van der Waals surface area contributed by atoms with Gasteiger partial charge < -0.3 is 10.0 Å². The Kier molecular flexibility index (Phi) is 6.21. The van der Waals surface area contributed by atoms with E-state index < -0.39 is 11.7 Å². The highest BCUT2D eigenvalue weighted by Gasteiger charge is 2.30. The van der Waals surface area contributed by atoms with Crippen LogP contribution in [0, 0.1) is 12.8 Å². The van der Waals surface area contributed by atoms with E-state index >= 15 is 0 Å². The Balaban J connectivity index is 1.47. The van der Waals surface area contributed by atoms with Crippen LogP contribution in [-0.2, 0) is 0 Å². The molecular formula is C25H23ClN4O4S. The lowest BCUT2D eigenvalue weighted by molar-refractivity contribution is 0.0690. The van der Waals surface area contributed by atoms with Crippen LogP contribution in [0.15, 0.2) is 51.8 Å². The Hall–Kier alpha value is -3.43. The molecule has 2 N–H and O–H groups in total. The number of hydrogen-bond acceptors (Lipinski definition) is 7. The number of rotatable bonds is 8. The number of hydrogen-bond donors (Lipinski definition) is 2. The quantitative estimate of drug-likeness (QED) is 0.308. The molecule has 8 nitrogen and oxygen atoms in total. The van der Waals surface area contributed by atoms with Crippen LogP contribution in [-0.4, -0.2) is 32.7 Å². The lowest BCUT2D eigenvalue weighted by atomic mass is 9.96. The van der Waals surface area contributed by atoms with Crippen molar-refractivity contribution in [3.63, 3.8) is 0 Å². The summed E-state index contributed by atoms with van der Waals surface area (Å²) in [5.41, 5.74) is 3.63. The number of nitrogens with one attached hydrogen (secondary N) is 1. The number of nitrogens with zero attached hydrogens (tertiary/aromatic N) is 3. The fourth-order valence-corrected chi connectivity index (χ4v) is 5.28. The molecule has 2 heterocycles. The maximum absolute atomic E-state index is 11.5. The molecular weight excluding hydrogens is 488 g/mol. The van der Waals surface area contributed by atoms with E-state index in [9.17, 15) is 14.7 Å². The SMILES string of the molecule is Cc1sc(N(CC2CC2)[C@H](C)c2ccc(-c3cc(Cl)ccc3-c3noc(=O)[nH]3)cc2)nc1C(=O)O. The topological polar surface area (TPSA) is 112 Å². The van der Waals surface area contributed by atoms with Gasteiger partial charge in [0.1, 0.15) is 0 Å². The van der Waals surface area contributed by atoms with Crippen LogP contribution in [0.25, 0.3) is 22.5 Å². The normalized spacial score (nSPS) is 14.1. The third-order valence-electron chi connectivity index (χ3n) is 6.23. The highest BCUT2D eigenvalue weighted by Crippen LogP contribution is 2.39. The second-order valence-electron chi connectivity index (χ2n) is 8.73. The molecule has 4 aromatic rings. The van der Waals surface area contributed by atoms with Crippen LogP contribution in [0.2, 0.25) is 5.02 Å². The number of H-pyrrole nitrogens is 1. The summed E-state index contributed by atoms with van der Waals surface area (Å²) < 4.78 is 4.68. The van der Waals surface area contributed by atoms with Crippen molar-refractivity contribution in [1.29, 1.82) is 0 Å². The summed E-state index contributed by atoms with van der Waals surface area (Å²) in [5.74, 6) is -0.681. The molecule has 0 amide bonds. The first-order valence-corrected chi connectivity index (χ1v) is 12.4. The Bertz CT molecular complexity index is 1440. The first kappa shape index (κ1) is 23.3. The number of benzene rings is 2. The summed E-state index contributed by atoms with van der Waals surface area (Å²) in [7, 11) is 0. The van der Waals surface area contributed by atoms with E-state index in [4.69, 9.17) is 11.6 Å². The fourth-order valence-electron chi connectivity index (χ4n) is 4.11. The van der Waals surface area contributed by atoms with Crippen LogP contribution >= 0.6 is 22.9 Å². The van der Waals surface area contributed by atoms with Crippen molar-refractivity contribution in [2.75, 3.05) is 11.4 Å². The molecule has 10 heteroatoms. The molecule has 1 aliphatic rings. The van der Waals surface area contributed by atoms with Gasteiger partial charge in [0.15, 0.2) is 16.6 Å². The molecule has 0 aliphatic heterocycles. The summed E-state index contributed by atoms with van der Waals surface area (Å²) in [4.78, 5) is 33.0. The van der Waals surface area contributed by atoms with Crippen LogP contribution in [0.3, 0.4) is 0 Å². The van der Waals surface area contributed by atoms with E-state index in [1.165, 1.54) is 24.2 Å². The van der Waals surface area contributed by atoms with Crippen molar-refractivity contribution < 1.29 is 14.4 Å². The molecule has 35 heavy (non-hydrogen) atoms. The summed E-state index contributed by atoms with van der Waals surface area (Å²) >= 11 is 7.69. The van der Waals surface area contributed by atoms with Gasteiger partial charge in [-0.25, -0.2) is 14.6 Å². The molecule has 1 saturated carbocycles. The van der Waals surface area contributed by atoms with Gasteiger partial charge in [0, 0.05) is 22.0 Å². The predicted molar refractivity (Wildman–Crippen MR) is 135 cm³/mol. The molecule has 1 atom stereocenters. The van der Waals surface area contributed by atoms with Gasteiger partial charge in [0.2, 0.25) is 0 Å². The minimum atomic E-state index is -1.00. The number of carboxylic acids is 1. The Morgan fingerprint density at radius 1 is 1.26 bits per heavy atom. The monoisotopic (exact) mass is 510 g/mol. The zero-order valence-electron chi connectivity index (χ0n) is 19.1. The molecule has 0 saturated heterocycles. The average molecular weight is 511 g/mol. The highest BCUT2D eigenvalue weighted by molar-refractivity contribution is 7.15. The van der Waals surface area contributed by atoms with Crippen LogP contribution < -0.4 is 10.7 Å². The number of aromatic carboxylic acids is 1. The summed E-state index contributed by atoms with van der Waals surface area (Å²) in [5, 5.41) is 14.6. The maximum atomic E-state index is 11.5. The molecule has 5 rings (SSSR count). The molecule has 2 aromatic carbocycles. The largest absolute Gasteiger partial charge is 0.476 e. The van der Waals surface area contributed by atoms with Crippen LogP contribution in [0.5, 0.6) is 0 Å². The molecule has 0 radical (unpaired) electrons. The average Bonchev–Trinajstić information content (AvgIpc) is 3.43. The van der Waals surface area contributed by atoms with Gasteiger partial charge in [-0.1, -0.05) is 41.0 Å². The Labute approximate surface area is 210 Å². The van der Waals surface area contributed by atoms with E-state index in [1.54, 1.807) is 19.1 Å². The number of anilines is 1. The highest BCUT2D eigenvalue weighted by atomic mass is 35.5. The molecule has 2 aromatic heterocycles. The van der Waals surface area contributed by atoms with Crippen molar-refractivity contribution in [1.82, 2.24) is 15.1 Å². The van der Waals surface area contributed by atoms with Gasteiger partial charge in [0.25, 0.3) is 0 Å². The number of carboxylic acid groups (broad SMARTS) is 1. The van der Waals surface area contributed by atoms with Crippen molar-refractivity contribution in [2.24, 2.45) is 5.92 Å². The smallest absolute Gasteiger partial charge is 0.439 e. The Morgan fingerprint density at radius 3 is 2.60 bits per heavy atom. The molecule has 0 bridgehead atoms. The van der Waals surface area contributed by atoms with Gasteiger partial charge in [-0.3, -0.25) is 9.51 Å². The lowest BCUT2D eigenvalue weighted by Gasteiger charge is -2.29. The van der Waals surface area contributed by atoms with Crippen molar-refractivity contribution >= 4 is 34.0 Å². The first-order valence-electron chi connectivity index (χ1n) is 11.2. The third kappa shape index (κ3) is 4.87. The van der Waals surface area contributed by atoms with E-state index in [0.29, 0.717) is 27.2 Å². The fraction of sp³-hybridized carbons (Fsp3) is 0.280. The number of thiazole rings is 1. The van der Waals surface area contributed by atoms with E-state index in [-0.39, 0.29) is 11.7 Å². The lowest BCUT2D eigenvalue weighted by Crippen LogP contribution is -2.29. The first-order chi connectivity index (χ1) is 16.8. The number of aromatic nitrogens is 3. The van der Waals surface area contributed by atoms with E-state index in [1.807, 2.05) is 18.2 Å². The van der Waals surface area contributed by atoms with Gasteiger partial charge >= 0.3 is 11.7 Å². The molecule has 180 valence electrons. The molecule has 0 spiro atoms. The van der Waals surface area contributed by atoms with Gasteiger partial charge in [-0.2, -0.15) is 0 Å². The third-order valence-corrected chi connectivity index (χ3v) is 7.48. The summed E-state index contributed by atoms with van der Waals surface area (Å²) in [6, 6.07) is 13.5. The maximum Gasteiger partial charge on any atom is 0.439 e. The van der Waals surface area contributed by atoms with E-state index in [2.05, 4.69) is 43.6 Å². The second kappa shape index (κ2) is 9.31. The van der Waals surface area contributed by atoms with E-state index in [0.717, 1.165) is 28.4 Å². The zero-order valence-corrected chi connectivity index (χ0v) is 20.7. The van der Waals surface area contributed by atoms with Crippen LogP contribution in [0.1, 0.15) is 46.7 Å². The molecule has 0 unspecified atom stereocenters. The minimum Gasteiger partial charge on any atom is -0.476 e. The number of aryl methyl sites for hydroxylation is 1. The molecule has 1 fully saturated rings. The summed E-state index contributed by atoms with van der Waals surface area (Å²) in [6.07, 6.45) is 2.36. The number of carbonyl (C=O) groups is 1.